The van der Waals surface area contributed by atoms with Crippen molar-refractivity contribution in [1.29, 1.82) is 0 Å². The van der Waals surface area contributed by atoms with E-state index in [9.17, 15) is 24.1 Å². The Hall–Kier alpha value is -2.99. The van der Waals surface area contributed by atoms with Crippen molar-refractivity contribution in [3.05, 3.63) is 54.4 Å². The van der Waals surface area contributed by atoms with E-state index in [1.165, 1.54) is 24.5 Å². The molecule has 0 spiro atoms. The first-order chi connectivity index (χ1) is 14.9. The number of alkyl halides is 2. The van der Waals surface area contributed by atoms with Crippen LogP contribution in [0.4, 0.5) is 8.78 Å². The molecule has 0 radical (unpaired) electrons. The van der Waals surface area contributed by atoms with E-state index < -0.39 is 37.2 Å². The minimum absolute atomic E-state index is 0.214. The van der Waals surface area contributed by atoms with Gasteiger partial charge in [-0.15, -0.1) is 0 Å². The Morgan fingerprint density at radius 3 is 2.68 bits per heavy atom. The van der Waals surface area contributed by atoms with Gasteiger partial charge in [-0.3, -0.25) is 4.57 Å². The molecule has 4 heterocycles. The average molecular weight is 431 g/mol. The first kappa shape index (κ1) is 19.9. The number of aromatic nitrogens is 5. The Morgan fingerprint density at radius 1 is 1.10 bits per heavy atom. The van der Waals surface area contributed by atoms with Crippen LogP contribution in [0.5, 0.6) is 0 Å². The fraction of sp³-hybridized carbons (Fsp3) is 0.350. The van der Waals surface area contributed by atoms with Crippen molar-refractivity contribution in [2.24, 2.45) is 0 Å². The highest BCUT2D eigenvalue weighted by molar-refractivity contribution is 5.78. The van der Waals surface area contributed by atoms with E-state index in [4.69, 9.17) is 4.74 Å². The zero-order chi connectivity index (χ0) is 21.9. The fourth-order valence-corrected chi connectivity index (χ4v) is 4.06. The van der Waals surface area contributed by atoms with Crippen LogP contribution in [0.1, 0.15) is 30.1 Å². The summed E-state index contributed by atoms with van der Waals surface area (Å²) in [6.45, 7) is -0.909. The third-order valence-electron chi connectivity index (χ3n) is 5.72. The summed E-state index contributed by atoms with van der Waals surface area (Å²) in [6.07, 6.45) is -2.10. The van der Waals surface area contributed by atoms with Crippen molar-refractivity contribution in [2.75, 3.05) is 0 Å². The Morgan fingerprint density at radius 2 is 1.90 bits per heavy atom. The summed E-state index contributed by atoms with van der Waals surface area (Å²) in [7, 11) is 0. The number of rotatable bonds is 4. The molecule has 4 aromatic rings. The van der Waals surface area contributed by atoms with Crippen LogP contribution in [0.2, 0.25) is 0 Å². The number of hydrogen-bond acceptors (Lipinski definition) is 7. The summed E-state index contributed by atoms with van der Waals surface area (Å²) in [6, 6.07) is 6.12. The second-order valence-electron chi connectivity index (χ2n) is 7.51. The third kappa shape index (κ3) is 3.08. The summed E-state index contributed by atoms with van der Waals surface area (Å²) in [4.78, 5) is 12.3. The molecule has 5 unspecified atom stereocenters. The number of aryl methyl sites for hydroxylation is 1. The minimum atomic E-state index is -2.74. The molecule has 0 aliphatic carbocycles. The predicted octanol–water partition coefficient (Wildman–Crippen LogP) is 1.84. The number of fused-ring (bicyclic) bond motifs is 2. The van der Waals surface area contributed by atoms with Crippen molar-refractivity contribution in [1.82, 2.24) is 24.1 Å². The highest BCUT2D eigenvalue weighted by atomic mass is 19.3. The smallest absolute Gasteiger partial charge is 0.320 e. The molecule has 3 aromatic heterocycles. The van der Waals surface area contributed by atoms with E-state index in [0.29, 0.717) is 15.8 Å². The molecule has 0 bridgehead atoms. The summed E-state index contributed by atoms with van der Waals surface area (Å²) in [5.41, 5.74) is 2.08. The van der Waals surface area contributed by atoms with Gasteiger partial charge >= 0.3 is 6.55 Å². The van der Waals surface area contributed by atoms with Crippen molar-refractivity contribution in [2.45, 2.75) is 44.1 Å². The van der Waals surface area contributed by atoms with Gasteiger partial charge in [0.2, 0.25) is 0 Å². The molecule has 0 amide bonds. The largest absolute Gasteiger partial charge is 0.387 e. The van der Waals surface area contributed by atoms with Gasteiger partial charge in [0, 0.05) is 11.6 Å². The van der Waals surface area contributed by atoms with Gasteiger partial charge in [0.25, 0.3) is 0 Å². The lowest BCUT2D eigenvalue weighted by molar-refractivity contribution is -0.0848. The van der Waals surface area contributed by atoms with Gasteiger partial charge in [0.1, 0.15) is 42.7 Å². The number of ether oxygens (including phenoxy) is 1. The van der Waals surface area contributed by atoms with Crippen molar-refractivity contribution >= 4 is 22.1 Å². The van der Waals surface area contributed by atoms with Crippen LogP contribution in [-0.2, 0) is 4.74 Å². The molecule has 3 N–H and O–H groups in total. The van der Waals surface area contributed by atoms with E-state index in [1.54, 1.807) is 16.8 Å². The van der Waals surface area contributed by atoms with Crippen LogP contribution in [-0.4, -0.2) is 57.7 Å². The number of halogens is 2. The van der Waals surface area contributed by atoms with Gasteiger partial charge in [-0.1, -0.05) is 6.07 Å². The quantitative estimate of drug-likeness (QED) is 0.451. The highest BCUT2D eigenvalue weighted by Crippen LogP contribution is 2.38. The number of aliphatic hydroxyl groups excluding tert-OH is 3. The van der Waals surface area contributed by atoms with E-state index in [1.807, 2.05) is 6.92 Å². The van der Waals surface area contributed by atoms with E-state index in [-0.39, 0.29) is 11.0 Å². The van der Waals surface area contributed by atoms with Crippen LogP contribution in [0.15, 0.2) is 43.1 Å². The van der Waals surface area contributed by atoms with Gasteiger partial charge in [0.05, 0.1) is 16.7 Å². The minimum Gasteiger partial charge on any atom is -0.387 e. The molecule has 5 rings (SSSR count). The van der Waals surface area contributed by atoms with Crippen LogP contribution < -0.4 is 0 Å². The molecule has 0 saturated carbocycles. The molecule has 9 nitrogen and oxygen atoms in total. The number of aliphatic hydroxyl groups is 3. The predicted molar refractivity (Wildman–Crippen MR) is 104 cm³/mol. The molecular weight excluding hydrogens is 412 g/mol. The van der Waals surface area contributed by atoms with Crippen LogP contribution in [0.3, 0.4) is 0 Å². The average Bonchev–Trinajstić information content (AvgIpc) is 3.44. The maximum absolute atomic E-state index is 13.0. The Labute approximate surface area is 174 Å². The summed E-state index contributed by atoms with van der Waals surface area (Å²) < 4.78 is 34.2. The van der Waals surface area contributed by atoms with E-state index in [0.717, 1.165) is 17.4 Å². The molecule has 5 atom stereocenters. The van der Waals surface area contributed by atoms with Gasteiger partial charge in [0.15, 0.2) is 6.23 Å². The maximum Gasteiger partial charge on any atom is 0.320 e. The Balaban J connectivity index is 1.45. The van der Waals surface area contributed by atoms with Crippen molar-refractivity contribution in [3.63, 3.8) is 0 Å². The molecule has 1 aliphatic heterocycles. The molecule has 1 saturated heterocycles. The van der Waals surface area contributed by atoms with Crippen molar-refractivity contribution < 1.29 is 28.8 Å². The third-order valence-corrected chi connectivity index (χ3v) is 5.72. The van der Waals surface area contributed by atoms with Crippen LogP contribution in [0, 0.1) is 6.92 Å². The molecule has 31 heavy (non-hydrogen) atoms. The standard InChI is InChI=1S/C20H19F2N5O4/c1-9-11-4-5-26(18(11)24-7-23-9)19-16(30)15(29)17(31-19)14(28)10-2-3-13-12(6-10)25-8-27(13)20(21)22/h2-8,14-17,19-20,28-30H,1H3. The molecule has 11 heteroatoms. The second-order valence-corrected chi connectivity index (χ2v) is 7.51. The van der Waals surface area contributed by atoms with Crippen LogP contribution >= 0.6 is 0 Å². The number of benzene rings is 1. The SMILES string of the molecule is Cc1ncnc2c1ccn2C1OC(C(O)c2ccc3c(c2)ncn3C(F)F)C(O)C1O. The van der Waals surface area contributed by atoms with E-state index >= 15 is 0 Å². The van der Waals surface area contributed by atoms with Crippen molar-refractivity contribution in [3.8, 4) is 0 Å². The number of imidazole rings is 1. The molecule has 1 aromatic carbocycles. The molecule has 1 fully saturated rings. The molecular formula is C20H19F2N5O4. The zero-order valence-corrected chi connectivity index (χ0v) is 16.2. The van der Waals surface area contributed by atoms with Gasteiger partial charge in [-0.25, -0.2) is 15.0 Å². The lowest BCUT2D eigenvalue weighted by atomic mass is 9.99. The van der Waals surface area contributed by atoms with Gasteiger partial charge in [-0.05, 0) is 30.7 Å². The zero-order valence-electron chi connectivity index (χ0n) is 16.2. The second kappa shape index (κ2) is 7.31. The molecule has 1 aliphatic rings. The number of hydrogen-bond donors (Lipinski definition) is 3. The maximum atomic E-state index is 13.0. The highest BCUT2D eigenvalue weighted by Gasteiger charge is 2.47. The normalized spacial score (nSPS) is 25.1. The summed E-state index contributed by atoms with van der Waals surface area (Å²) in [5, 5.41) is 32.8. The Kier molecular flexibility index (Phi) is 4.70. The lowest BCUT2D eigenvalue weighted by Gasteiger charge is -2.21. The van der Waals surface area contributed by atoms with E-state index in [2.05, 4.69) is 15.0 Å². The lowest BCUT2D eigenvalue weighted by Crippen LogP contribution is -2.34. The fourth-order valence-electron chi connectivity index (χ4n) is 4.06. The monoisotopic (exact) mass is 431 g/mol. The van der Waals surface area contributed by atoms with Gasteiger partial charge < -0.3 is 24.6 Å². The Bertz CT molecular complexity index is 1260. The first-order valence-electron chi connectivity index (χ1n) is 9.59. The first-order valence-corrected chi connectivity index (χ1v) is 9.59. The topological polar surface area (TPSA) is 118 Å². The van der Waals surface area contributed by atoms with Gasteiger partial charge in [-0.2, -0.15) is 8.78 Å². The molecule has 162 valence electrons. The van der Waals surface area contributed by atoms with Crippen LogP contribution in [0.25, 0.3) is 22.1 Å². The summed E-state index contributed by atoms with van der Waals surface area (Å²) in [5.74, 6) is 0. The number of nitrogens with zero attached hydrogens (tertiary/aromatic N) is 5. The summed E-state index contributed by atoms with van der Waals surface area (Å²) >= 11 is 0.